The number of carbonyl (C=O) groups is 2. The zero-order valence-electron chi connectivity index (χ0n) is 12.5. The minimum Gasteiger partial charge on any atom is -0.480 e. The molecule has 1 amide bonds. The fourth-order valence-electron chi connectivity index (χ4n) is 2.58. The summed E-state index contributed by atoms with van der Waals surface area (Å²) in [5, 5.41) is 13.3. The van der Waals surface area contributed by atoms with Gasteiger partial charge in [-0.05, 0) is 30.7 Å². The van der Waals surface area contributed by atoms with Crippen LogP contribution in [0.3, 0.4) is 0 Å². The van der Waals surface area contributed by atoms with Crippen LogP contribution in [0.1, 0.15) is 15.9 Å². The summed E-state index contributed by atoms with van der Waals surface area (Å²) in [5.74, 6) is -1.36. The summed E-state index contributed by atoms with van der Waals surface area (Å²) in [7, 11) is 0. The van der Waals surface area contributed by atoms with E-state index in [-0.39, 0.29) is 19.1 Å². The van der Waals surface area contributed by atoms with Crippen molar-refractivity contribution in [1.29, 1.82) is 0 Å². The second kappa shape index (κ2) is 6.17. The number of ether oxygens (including phenoxy) is 1. The molecule has 0 spiro atoms. The first-order valence-electron chi connectivity index (χ1n) is 7.15. The van der Waals surface area contributed by atoms with Crippen molar-refractivity contribution < 1.29 is 19.4 Å². The van der Waals surface area contributed by atoms with Gasteiger partial charge in [-0.25, -0.2) is 14.5 Å². The van der Waals surface area contributed by atoms with Gasteiger partial charge >= 0.3 is 5.97 Å². The number of morpholine rings is 1. The van der Waals surface area contributed by atoms with Crippen molar-refractivity contribution in [3.63, 3.8) is 0 Å². The molecule has 1 fully saturated rings. The molecule has 1 aliphatic heterocycles. The van der Waals surface area contributed by atoms with Gasteiger partial charge in [-0.1, -0.05) is 0 Å². The van der Waals surface area contributed by atoms with Crippen LogP contribution >= 0.6 is 0 Å². The molecule has 0 radical (unpaired) electrons. The lowest BCUT2D eigenvalue weighted by molar-refractivity contribution is -0.147. The Morgan fingerprint density at radius 1 is 1.39 bits per heavy atom. The van der Waals surface area contributed by atoms with Crippen LogP contribution in [0.15, 0.2) is 30.9 Å². The van der Waals surface area contributed by atoms with E-state index in [0.29, 0.717) is 12.2 Å². The highest BCUT2D eigenvalue weighted by molar-refractivity contribution is 5.98. The Labute approximate surface area is 132 Å². The highest BCUT2D eigenvalue weighted by Gasteiger charge is 2.33. The number of aliphatic carboxylic acids is 1. The molecule has 3 rings (SSSR count). The Balaban J connectivity index is 1.88. The molecular weight excluding hydrogens is 300 g/mol. The predicted molar refractivity (Wildman–Crippen MR) is 79.4 cm³/mol. The van der Waals surface area contributed by atoms with Gasteiger partial charge in [0, 0.05) is 12.1 Å². The van der Waals surface area contributed by atoms with Crippen molar-refractivity contribution in [1.82, 2.24) is 19.7 Å². The number of rotatable bonds is 3. The Hall–Kier alpha value is -2.74. The normalized spacial score (nSPS) is 18.0. The van der Waals surface area contributed by atoms with Gasteiger partial charge in [-0.3, -0.25) is 4.79 Å². The number of hydrogen-bond acceptors (Lipinski definition) is 5. The molecule has 1 aliphatic rings. The fourth-order valence-corrected chi connectivity index (χ4v) is 2.58. The van der Waals surface area contributed by atoms with E-state index in [1.807, 2.05) is 13.0 Å². The summed E-state index contributed by atoms with van der Waals surface area (Å²) in [6.45, 7) is 2.42. The van der Waals surface area contributed by atoms with Gasteiger partial charge in [0.15, 0.2) is 6.04 Å². The van der Waals surface area contributed by atoms with Gasteiger partial charge in [0.05, 0.1) is 18.9 Å². The van der Waals surface area contributed by atoms with Crippen LogP contribution in [-0.2, 0) is 9.53 Å². The van der Waals surface area contributed by atoms with Gasteiger partial charge in [0.1, 0.15) is 12.7 Å². The molecule has 2 heterocycles. The molecule has 8 heteroatoms. The molecular formula is C15H16N4O4. The van der Waals surface area contributed by atoms with Gasteiger partial charge in [-0.15, -0.1) is 0 Å². The topological polar surface area (TPSA) is 97.5 Å². The monoisotopic (exact) mass is 316 g/mol. The second-order valence-corrected chi connectivity index (χ2v) is 5.27. The van der Waals surface area contributed by atoms with Crippen molar-refractivity contribution in [2.45, 2.75) is 13.0 Å². The number of nitrogens with zero attached hydrogens (tertiary/aromatic N) is 4. The van der Waals surface area contributed by atoms with Crippen molar-refractivity contribution in [2.75, 3.05) is 19.8 Å². The van der Waals surface area contributed by atoms with Crippen LogP contribution in [0.25, 0.3) is 5.69 Å². The van der Waals surface area contributed by atoms with E-state index in [1.165, 1.54) is 11.2 Å². The van der Waals surface area contributed by atoms with E-state index >= 15 is 0 Å². The molecule has 1 atom stereocenters. The van der Waals surface area contributed by atoms with Crippen LogP contribution < -0.4 is 0 Å². The highest BCUT2D eigenvalue weighted by atomic mass is 16.5. The van der Waals surface area contributed by atoms with Gasteiger partial charge < -0.3 is 14.7 Å². The number of amides is 1. The zero-order chi connectivity index (χ0) is 16.4. The minimum atomic E-state index is -1.06. The third-order valence-electron chi connectivity index (χ3n) is 3.80. The first-order valence-corrected chi connectivity index (χ1v) is 7.15. The third-order valence-corrected chi connectivity index (χ3v) is 3.80. The first-order chi connectivity index (χ1) is 11.1. The van der Waals surface area contributed by atoms with Crippen molar-refractivity contribution in [3.8, 4) is 5.69 Å². The average Bonchev–Trinajstić information content (AvgIpc) is 3.08. The molecule has 2 aromatic rings. The van der Waals surface area contributed by atoms with Crippen molar-refractivity contribution in [2.24, 2.45) is 0 Å². The number of hydrogen-bond donors (Lipinski definition) is 1. The van der Waals surface area contributed by atoms with E-state index in [2.05, 4.69) is 10.1 Å². The van der Waals surface area contributed by atoms with Crippen LogP contribution in [0.4, 0.5) is 0 Å². The molecule has 23 heavy (non-hydrogen) atoms. The summed E-state index contributed by atoms with van der Waals surface area (Å²) in [4.78, 5) is 29.2. The molecule has 1 aromatic heterocycles. The average molecular weight is 316 g/mol. The van der Waals surface area contributed by atoms with Crippen molar-refractivity contribution in [3.05, 3.63) is 42.0 Å². The lowest BCUT2D eigenvalue weighted by Gasteiger charge is -2.33. The SMILES string of the molecule is Cc1cc(-n2cncn2)ccc1C(=O)N1CCOCC1C(=O)O. The van der Waals surface area contributed by atoms with Crippen molar-refractivity contribution >= 4 is 11.9 Å². The minimum absolute atomic E-state index is 0.0111. The quantitative estimate of drug-likeness (QED) is 0.885. The first kappa shape index (κ1) is 15.2. The third kappa shape index (κ3) is 2.93. The second-order valence-electron chi connectivity index (χ2n) is 5.27. The molecule has 1 saturated heterocycles. The van der Waals surface area contributed by atoms with E-state index in [9.17, 15) is 14.7 Å². The van der Waals surface area contributed by atoms with Crippen LogP contribution in [0, 0.1) is 6.92 Å². The fraction of sp³-hybridized carbons (Fsp3) is 0.333. The molecule has 1 N–H and O–H groups in total. The van der Waals surface area contributed by atoms with Gasteiger partial charge in [0.25, 0.3) is 5.91 Å². The Bertz CT molecular complexity index is 729. The molecule has 120 valence electrons. The van der Waals surface area contributed by atoms with Gasteiger partial charge in [0.2, 0.25) is 0 Å². The summed E-state index contributed by atoms with van der Waals surface area (Å²) in [5.41, 5.74) is 2.01. The molecule has 1 aromatic carbocycles. The summed E-state index contributed by atoms with van der Waals surface area (Å²) >= 11 is 0. The van der Waals surface area contributed by atoms with E-state index in [1.54, 1.807) is 23.1 Å². The largest absolute Gasteiger partial charge is 0.480 e. The lowest BCUT2D eigenvalue weighted by Crippen LogP contribution is -2.52. The van der Waals surface area contributed by atoms with Crippen LogP contribution in [-0.4, -0.2) is 62.4 Å². The predicted octanol–water partition coefficient (Wildman–Crippen LogP) is 0.501. The van der Waals surface area contributed by atoms with Crippen LogP contribution in [0.2, 0.25) is 0 Å². The maximum atomic E-state index is 12.7. The van der Waals surface area contributed by atoms with E-state index in [0.717, 1.165) is 11.3 Å². The summed E-state index contributed by atoms with van der Waals surface area (Å²) < 4.78 is 6.76. The lowest BCUT2D eigenvalue weighted by atomic mass is 10.0. The summed E-state index contributed by atoms with van der Waals surface area (Å²) in [6, 6.07) is 4.30. The number of carbonyl (C=O) groups excluding carboxylic acids is 1. The highest BCUT2D eigenvalue weighted by Crippen LogP contribution is 2.18. The smallest absolute Gasteiger partial charge is 0.328 e. The molecule has 0 aliphatic carbocycles. The number of aryl methyl sites for hydroxylation is 1. The number of carboxylic acid groups (broad SMARTS) is 1. The van der Waals surface area contributed by atoms with E-state index < -0.39 is 12.0 Å². The number of carboxylic acids is 1. The Morgan fingerprint density at radius 2 is 2.22 bits per heavy atom. The summed E-state index contributed by atoms with van der Waals surface area (Å²) in [6.07, 6.45) is 3.00. The maximum absolute atomic E-state index is 12.7. The maximum Gasteiger partial charge on any atom is 0.328 e. The van der Waals surface area contributed by atoms with E-state index in [4.69, 9.17) is 4.74 Å². The van der Waals surface area contributed by atoms with Crippen LogP contribution in [0.5, 0.6) is 0 Å². The number of benzene rings is 1. The molecule has 0 bridgehead atoms. The zero-order valence-corrected chi connectivity index (χ0v) is 12.5. The van der Waals surface area contributed by atoms with Gasteiger partial charge in [-0.2, -0.15) is 5.10 Å². The molecule has 1 unspecified atom stereocenters. The Kier molecular flexibility index (Phi) is 4.07. The number of aromatic nitrogens is 3. The standard InChI is InChI=1S/C15H16N4O4/c1-10-6-11(19-9-16-8-17-19)2-3-12(10)14(20)18-4-5-23-7-13(18)15(21)22/h2-3,6,8-9,13H,4-5,7H2,1H3,(H,21,22). The molecule has 8 nitrogen and oxygen atoms in total. The molecule has 0 saturated carbocycles. The Morgan fingerprint density at radius 3 is 2.87 bits per heavy atom.